The van der Waals surface area contributed by atoms with E-state index >= 15 is 0 Å². The lowest BCUT2D eigenvalue weighted by Crippen LogP contribution is -2.53. The Kier molecular flexibility index (Phi) is 4.18. The van der Waals surface area contributed by atoms with Gasteiger partial charge in [-0.15, -0.1) is 0 Å². The molecule has 1 fully saturated rings. The maximum atomic E-state index is 12.5. The van der Waals surface area contributed by atoms with Gasteiger partial charge in [-0.3, -0.25) is 4.79 Å². The van der Waals surface area contributed by atoms with Gasteiger partial charge in [-0.05, 0) is 32.9 Å². The number of nitrogens with two attached hydrogens (primary N) is 1. The van der Waals surface area contributed by atoms with Crippen molar-refractivity contribution in [3.63, 3.8) is 0 Å². The third-order valence-corrected chi connectivity index (χ3v) is 3.39. The zero-order valence-electron chi connectivity index (χ0n) is 12.5. The molecule has 6 heteroatoms. The SMILES string of the molecule is CC1CN(C(=O)c2ccc(C(N)=NO)cc2)CC(C)(C)O1. The summed E-state index contributed by atoms with van der Waals surface area (Å²) in [6, 6.07) is 6.69. The quantitative estimate of drug-likeness (QED) is 0.373. The number of morpholine rings is 1. The normalized spacial score (nSPS) is 22.1. The molecule has 0 saturated carbocycles. The molecule has 1 atom stereocenters. The first kappa shape index (κ1) is 15.3. The number of nitrogens with zero attached hydrogens (tertiary/aromatic N) is 2. The number of rotatable bonds is 2. The molecule has 2 rings (SSSR count). The minimum Gasteiger partial charge on any atom is -0.409 e. The Hall–Kier alpha value is -2.08. The van der Waals surface area contributed by atoms with Crippen LogP contribution < -0.4 is 5.73 Å². The molecule has 0 bridgehead atoms. The van der Waals surface area contributed by atoms with Crippen LogP contribution in [-0.4, -0.2) is 46.6 Å². The fraction of sp³-hybridized carbons (Fsp3) is 0.467. The first-order valence-electron chi connectivity index (χ1n) is 6.87. The summed E-state index contributed by atoms with van der Waals surface area (Å²) in [5.74, 6) is -0.0144. The van der Waals surface area contributed by atoms with Crippen LogP contribution in [0.25, 0.3) is 0 Å². The van der Waals surface area contributed by atoms with E-state index in [-0.39, 0.29) is 23.4 Å². The number of amidine groups is 1. The van der Waals surface area contributed by atoms with E-state index in [9.17, 15) is 4.79 Å². The van der Waals surface area contributed by atoms with Crippen LogP contribution in [0.5, 0.6) is 0 Å². The Morgan fingerprint density at radius 3 is 2.48 bits per heavy atom. The van der Waals surface area contributed by atoms with Crippen molar-refractivity contribution in [1.29, 1.82) is 0 Å². The minimum absolute atomic E-state index is 0.00846. The molecule has 1 heterocycles. The Morgan fingerprint density at radius 2 is 1.95 bits per heavy atom. The second kappa shape index (κ2) is 5.73. The Balaban J connectivity index is 2.16. The first-order valence-corrected chi connectivity index (χ1v) is 6.87. The summed E-state index contributed by atoms with van der Waals surface area (Å²) in [6.07, 6.45) is 0.00846. The van der Waals surface area contributed by atoms with Gasteiger partial charge in [-0.25, -0.2) is 0 Å². The molecule has 0 aromatic heterocycles. The number of hydrogen-bond acceptors (Lipinski definition) is 4. The van der Waals surface area contributed by atoms with E-state index < -0.39 is 0 Å². The summed E-state index contributed by atoms with van der Waals surface area (Å²) in [4.78, 5) is 14.3. The highest BCUT2D eigenvalue weighted by Gasteiger charge is 2.33. The predicted octanol–water partition coefficient (Wildman–Crippen LogP) is 1.42. The molecule has 0 aliphatic carbocycles. The van der Waals surface area contributed by atoms with Crippen molar-refractivity contribution in [3.8, 4) is 0 Å². The van der Waals surface area contributed by atoms with Gasteiger partial charge in [0.1, 0.15) is 0 Å². The van der Waals surface area contributed by atoms with E-state index in [4.69, 9.17) is 15.7 Å². The summed E-state index contributed by atoms with van der Waals surface area (Å²) in [6.45, 7) is 7.04. The van der Waals surface area contributed by atoms with Crippen molar-refractivity contribution in [2.24, 2.45) is 10.9 Å². The van der Waals surface area contributed by atoms with Crippen LogP contribution in [0.3, 0.4) is 0 Å². The number of benzene rings is 1. The highest BCUT2D eigenvalue weighted by molar-refractivity contribution is 5.99. The number of carbonyl (C=O) groups excluding carboxylic acids is 1. The van der Waals surface area contributed by atoms with Gasteiger partial charge in [0.05, 0.1) is 11.7 Å². The summed E-state index contributed by atoms with van der Waals surface area (Å²) in [5, 5.41) is 11.6. The lowest BCUT2D eigenvalue weighted by molar-refractivity contribution is -0.118. The van der Waals surface area contributed by atoms with Gasteiger partial charge in [-0.2, -0.15) is 0 Å². The monoisotopic (exact) mass is 291 g/mol. The molecule has 21 heavy (non-hydrogen) atoms. The van der Waals surface area contributed by atoms with Crippen molar-refractivity contribution < 1.29 is 14.7 Å². The molecule has 1 aliphatic rings. The molecule has 6 nitrogen and oxygen atoms in total. The molecule has 1 saturated heterocycles. The lowest BCUT2D eigenvalue weighted by Gasteiger charge is -2.41. The van der Waals surface area contributed by atoms with Crippen LogP contribution in [-0.2, 0) is 4.74 Å². The maximum Gasteiger partial charge on any atom is 0.254 e. The maximum absolute atomic E-state index is 12.5. The lowest BCUT2D eigenvalue weighted by atomic mass is 10.0. The summed E-state index contributed by atoms with van der Waals surface area (Å²) >= 11 is 0. The Morgan fingerprint density at radius 1 is 1.38 bits per heavy atom. The van der Waals surface area contributed by atoms with Gasteiger partial charge in [0.25, 0.3) is 5.91 Å². The van der Waals surface area contributed by atoms with Gasteiger partial charge >= 0.3 is 0 Å². The number of oxime groups is 1. The Labute approximate surface area is 124 Å². The summed E-state index contributed by atoms with van der Waals surface area (Å²) in [7, 11) is 0. The standard InChI is InChI=1S/C15H21N3O3/c1-10-8-18(9-15(2,3)21-10)14(19)12-6-4-11(5-7-12)13(16)17-20/h4-7,10,20H,8-9H2,1-3H3,(H2,16,17). The van der Waals surface area contributed by atoms with Crippen molar-refractivity contribution in [2.75, 3.05) is 13.1 Å². The van der Waals surface area contributed by atoms with E-state index in [2.05, 4.69) is 5.16 Å². The number of ether oxygens (including phenoxy) is 1. The molecule has 1 aromatic carbocycles. The molecular formula is C15H21N3O3. The molecule has 0 spiro atoms. The van der Waals surface area contributed by atoms with Gasteiger partial charge in [0, 0.05) is 24.2 Å². The molecule has 114 valence electrons. The highest BCUT2D eigenvalue weighted by atomic mass is 16.5. The average Bonchev–Trinajstić information content (AvgIpc) is 2.43. The largest absolute Gasteiger partial charge is 0.409 e. The summed E-state index contributed by atoms with van der Waals surface area (Å²) in [5.41, 5.74) is 6.31. The van der Waals surface area contributed by atoms with Crippen LogP contribution in [0.1, 0.15) is 36.7 Å². The van der Waals surface area contributed by atoms with Crippen molar-refractivity contribution in [2.45, 2.75) is 32.5 Å². The van der Waals surface area contributed by atoms with E-state index in [1.54, 1.807) is 29.2 Å². The van der Waals surface area contributed by atoms with E-state index in [0.29, 0.717) is 24.2 Å². The molecule has 1 amide bonds. The van der Waals surface area contributed by atoms with E-state index in [1.807, 2.05) is 20.8 Å². The topological polar surface area (TPSA) is 88.2 Å². The zero-order valence-corrected chi connectivity index (χ0v) is 12.5. The first-order chi connectivity index (χ1) is 9.82. The number of hydrogen-bond donors (Lipinski definition) is 2. The van der Waals surface area contributed by atoms with Crippen LogP contribution in [0, 0.1) is 0 Å². The van der Waals surface area contributed by atoms with Crippen LogP contribution in [0.4, 0.5) is 0 Å². The molecule has 3 N–H and O–H groups in total. The van der Waals surface area contributed by atoms with E-state index in [0.717, 1.165) is 0 Å². The van der Waals surface area contributed by atoms with Crippen molar-refractivity contribution >= 4 is 11.7 Å². The van der Waals surface area contributed by atoms with E-state index in [1.165, 1.54) is 0 Å². The average molecular weight is 291 g/mol. The fourth-order valence-electron chi connectivity index (χ4n) is 2.63. The molecule has 1 aliphatic heterocycles. The number of amides is 1. The van der Waals surface area contributed by atoms with Crippen LogP contribution in [0.2, 0.25) is 0 Å². The van der Waals surface area contributed by atoms with Gasteiger partial charge in [-0.1, -0.05) is 17.3 Å². The predicted molar refractivity (Wildman–Crippen MR) is 79.5 cm³/mol. The molecule has 1 aromatic rings. The Bertz CT molecular complexity index is 552. The van der Waals surface area contributed by atoms with Crippen molar-refractivity contribution in [1.82, 2.24) is 4.90 Å². The smallest absolute Gasteiger partial charge is 0.254 e. The van der Waals surface area contributed by atoms with Gasteiger partial charge < -0.3 is 20.6 Å². The fourth-order valence-corrected chi connectivity index (χ4v) is 2.63. The molecule has 1 unspecified atom stereocenters. The second-order valence-electron chi connectivity index (χ2n) is 5.94. The third-order valence-electron chi connectivity index (χ3n) is 3.39. The van der Waals surface area contributed by atoms with Gasteiger partial charge in [0.2, 0.25) is 0 Å². The molecule has 0 radical (unpaired) electrons. The molecular weight excluding hydrogens is 270 g/mol. The minimum atomic E-state index is -0.346. The third kappa shape index (κ3) is 3.52. The number of carbonyl (C=O) groups is 1. The van der Waals surface area contributed by atoms with Crippen LogP contribution in [0.15, 0.2) is 29.4 Å². The second-order valence-corrected chi connectivity index (χ2v) is 5.94. The van der Waals surface area contributed by atoms with Crippen LogP contribution >= 0.6 is 0 Å². The highest BCUT2D eigenvalue weighted by Crippen LogP contribution is 2.22. The summed E-state index contributed by atoms with van der Waals surface area (Å²) < 4.78 is 5.80. The van der Waals surface area contributed by atoms with Gasteiger partial charge in [0.15, 0.2) is 5.84 Å². The van der Waals surface area contributed by atoms with Crippen molar-refractivity contribution in [3.05, 3.63) is 35.4 Å². The zero-order chi connectivity index (χ0) is 15.6.